The summed E-state index contributed by atoms with van der Waals surface area (Å²) in [4.78, 5) is 11.8. The molecule has 0 saturated heterocycles. The summed E-state index contributed by atoms with van der Waals surface area (Å²) in [6.07, 6.45) is 4.53. The molecule has 0 radical (unpaired) electrons. The smallest absolute Gasteiger partial charge is 0.407 e. The van der Waals surface area contributed by atoms with Crippen molar-refractivity contribution in [3.8, 4) is 0 Å². The molecule has 5 heteroatoms. The van der Waals surface area contributed by atoms with Crippen LogP contribution < -0.4 is 10.6 Å². The maximum absolute atomic E-state index is 11.8. The second kappa shape index (κ2) is 8.73. The van der Waals surface area contributed by atoms with Gasteiger partial charge in [-0.25, -0.2) is 4.79 Å². The molecular formula is C17H34N2O3. The van der Waals surface area contributed by atoms with E-state index >= 15 is 0 Å². The Morgan fingerprint density at radius 3 is 2.18 bits per heavy atom. The first kappa shape index (κ1) is 19.2. The fourth-order valence-electron chi connectivity index (χ4n) is 2.93. The number of amides is 1. The lowest BCUT2D eigenvalue weighted by molar-refractivity contribution is 0.0488. The van der Waals surface area contributed by atoms with Crippen LogP contribution in [0, 0.1) is 5.92 Å². The Labute approximate surface area is 135 Å². The molecule has 5 nitrogen and oxygen atoms in total. The van der Waals surface area contributed by atoms with Gasteiger partial charge in [0.25, 0.3) is 0 Å². The van der Waals surface area contributed by atoms with Gasteiger partial charge >= 0.3 is 6.09 Å². The van der Waals surface area contributed by atoms with Crippen LogP contribution in [0.1, 0.15) is 66.7 Å². The van der Waals surface area contributed by atoms with E-state index in [0.29, 0.717) is 18.0 Å². The molecule has 0 aromatic heterocycles. The van der Waals surface area contributed by atoms with Crippen LogP contribution in [-0.2, 0) is 4.74 Å². The van der Waals surface area contributed by atoms with Crippen LogP contribution in [0.25, 0.3) is 0 Å². The summed E-state index contributed by atoms with van der Waals surface area (Å²) in [5.74, 6) is 0.518. The summed E-state index contributed by atoms with van der Waals surface area (Å²) in [6.45, 7) is 10.2. The van der Waals surface area contributed by atoms with E-state index in [0.717, 1.165) is 32.1 Å². The van der Waals surface area contributed by atoms with Crippen LogP contribution in [0.15, 0.2) is 0 Å². The summed E-state index contributed by atoms with van der Waals surface area (Å²) >= 11 is 0. The van der Waals surface area contributed by atoms with Crippen LogP contribution in [0.3, 0.4) is 0 Å². The van der Waals surface area contributed by atoms with Crippen LogP contribution in [0.2, 0.25) is 0 Å². The molecule has 22 heavy (non-hydrogen) atoms. The molecule has 1 aliphatic carbocycles. The van der Waals surface area contributed by atoms with Crippen molar-refractivity contribution < 1.29 is 14.6 Å². The highest BCUT2D eigenvalue weighted by Crippen LogP contribution is 2.21. The standard InChI is InChI=1S/C17H34N2O3/c1-12(2)15(10-11-20)18-13-6-8-14(9-7-13)19-16(21)22-17(3,4)5/h12-15,18,20H,6-11H2,1-5H3,(H,19,21). The normalized spacial score (nSPS) is 24.1. The first-order valence-electron chi connectivity index (χ1n) is 8.57. The van der Waals surface area contributed by atoms with Gasteiger partial charge in [0.1, 0.15) is 5.60 Å². The monoisotopic (exact) mass is 314 g/mol. The molecule has 1 atom stereocenters. The SMILES string of the molecule is CC(C)C(CCO)NC1CCC(NC(=O)OC(C)(C)C)CC1. The van der Waals surface area contributed by atoms with Crippen LogP contribution in [0.4, 0.5) is 4.79 Å². The molecule has 0 aliphatic heterocycles. The largest absolute Gasteiger partial charge is 0.444 e. The molecule has 1 unspecified atom stereocenters. The van der Waals surface area contributed by atoms with E-state index in [1.807, 2.05) is 20.8 Å². The zero-order chi connectivity index (χ0) is 16.8. The topological polar surface area (TPSA) is 70.6 Å². The molecule has 0 heterocycles. The van der Waals surface area contributed by atoms with Crippen LogP contribution in [0.5, 0.6) is 0 Å². The van der Waals surface area contributed by atoms with Crippen molar-refractivity contribution in [3.63, 3.8) is 0 Å². The van der Waals surface area contributed by atoms with Gasteiger partial charge in [0, 0.05) is 24.7 Å². The van der Waals surface area contributed by atoms with Crippen molar-refractivity contribution in [2.75, 3.05) is 6.61 Å². The van der Waals surface area contributed by atoms with Crippen molar-refractivity contribution in [1.82, 2.24) is 10.6 Å². The van der Waals surface area contributed by atoms with E-state index in [9.17, 15) is 4.79 Å². The Bertz CT molecular complexity index is 331. The highest BCUT2D eigenvalue weighted by molar-refractivity contribution is 5.68. The average Bonchev–Trinajstić information content (AvgIpc) is 2.38. The van der Waals surface area contributed by atoms with Gasteiger partial charge in [0.15, 0.2) is 0 Å². The maximum Gasteiger partial charge on any atom is 0.407 e. The van der Waals surface area contributed by atoms with Gasteiger partial charge in [-0.3, -0.25) is 0 Å². The van der Waals surface area contributed by atoms with Crippen molar-refractivity contribution in [3.05, 3.63) is 0 Å². The zero-order valence-corrected chi connectivity index (χ0v) is 14.8. The van der Waals surface area contributed by atoms with Gasteiger partial charge in [-0.05, 0) is 58.8 Å². The molecule has 0 aromatic carbocycles. The maximum atomic E-state index is 11.8. The third kappa shape index (κ3) is 7.45. The van der Waals surface area contributed by atoms with E-state index in [2.05, 4.69) is 24.5 Å². The predicted molar refractivity (Wildman–Crippen MR) is 88.9 cm³/mol. The predicted octanol–water partition coefficient (Wildman–Crippen LogP) is 2.82. The first-order valence-corrected chi connectivity index (χ1v) is 8.57. The molecule has 0 aromatic rings. The summed E-state index contributed by atoms with van der Waals surface area (Å²) in [5.41, 5.74) is -0.447. The minimum absolute atomic E-state index is 0.211. The lowest BCUT2D eigenvalue weighted by Crippen LogP contribution is -2.47. The lowest BCUT2D eigenvalue weighted by atomic mass is 9.89. The first-order chi connectivity index (χ1) is 10.2. The van der Waals surface area contributed by atoms with E-state index < -0.39 is 5.60 Å². The number of hydrogen-bond acceptors (Lipinski definition) is 4. The summed E-state index contributed by atoms with van der Waals surface area (Å²) in [5, 5.41) is 15.8. The molecular weight excluding hydrogens is 280 g/mol. The number of rotatable bonds is 6. The van der Waals surface area contributed by atoms with E-state index in [4.69, 9.17) is 9.84 Å². The molecule has 1 aliphatic rings. The average molecular weight is 314 g/mol. The highest BCUT2D eigenvalue weighted by Gasteiger charge is 2.26. The van der Waals surface area contributed by atoms with Crippen LogP contribution >= 0.6 is 0 Å². The Morgan fingerprint density at radius 1 is 1.18 bits per heavy atom. The van der Waals surface area contributed by atoms with Gasteiger partial charge in [-0.15, -0.1) is 0 Å². The molecule has 130 valence electrons. The number of carbonyl (C=O) groups excluding carboxylic acids is 1. The van der Waals surface area contributed by atoms with E-state index in [1.54, 1.807) is 0 Å². The van der Waals surface area contributed by atoms with Gasteiger partial charge in [0.2, 0.25) is 0 Å². The number of alkyl carbamates (subject to hydrolysis) is 1. The fourth-order valence-corrected chi connectivity index (χ4v) is 2.93. The summed E-state index contributed by atoms with van der Waals surface area (Å²) in [7, 11) is 0. The Hall–Kier alpha value is -0.810. The van der Waals surface area contributed by atoms with Crippen LogP contribution in [-0.4, -0.2) is 41.5 Å². The minimum atomic E-state index is -0.447. The number of ether oxygens (including phenoxy) is 1. The van der Waals surface area contributed by atoms with Gasteiger partial charge in [-0.2, -0.15) is 0 Å². The number of hydrogen-bond donors (Lipinski definition) is 3. The molecule has 0 bridgehead atoms. The summed E-state index contributed by atoms with van der Waals surface area (Å²) < 4.78 is 5.30. The zero-order valence-electron chi connectivity index (χ0n) is 14.8. The molecule has 3 N–H and O–H groups in total. The van der Waals surface area contributed by atoms with Crippen molar-refractivity contribution in [2.45, 2.75) is 90.4 Å². The molecule has 1 fully saturated rings. The third-order valence-electron chi connectivity index (χ3n) is 4.14. The van der Waals surface area contributed by atoms with Gasteiger partial charge < -0.3 is 20.5 Å². The summed E-state index contributed by atoms with van der Waals surface area (Å²) in [6, 6.07) is 1.06. The van der Waals surface area contributed by atoms with Gasteiger partial charge in [-0.1, -0.05) is 13.8 Å². The quantitative estimate of drug-likeness (QED) is 0.705. The number of aliphatic hydroxyl groups excluding tert-OH is 1. The molecule has 1 saturated carbocycles. The second-order valence-electron chi connectivity index (χ2n) is 7.72. The van der Waals surface area contributed by atoms with Crippen molar-refractivity contribution >= 4 is 6.09 Å². The lowest BCUT2D eigenvalue weighted by Gasteiger charge is -2.34. The Kier molecular flexibility index (Phi) is 7.63. The molecule has 0 spiro atoms. The van der Waals surface area contributed by atoms with Gasteiger partial charge in [0.05, 0.1) is 0 Å². The van der Waals surface area contributed by atoms with Crippen molar-refractivity contribution in [1.29, 1.82) is 0 Å². The molecule has 1 rings (SSSR count). The second-order valence-corrected chi connectivity index (χ2v) is 7.72. The third-order valence-corrected chi connectivity index (χ3v) is 4.14. The highest BCUT2D eigenvalue weighted by atomic mass is 16.6. The number of carbonyl (C=O) groups is 1. The Morgan fingerprint density at radius 2 is 1.73 bits per heavy atom. The fraction of sp³-hybridized carbons (Fsp3) is 0.941. The number of nitrogens with one attached hydrogen (secondary N) is 2. The molecule has 1 amide bonds. The van der Waals surface area contributed by atoms with E-state index in [1.165, 1.54) is 0 Å². The Balaban J connectivity index is 2.32. The minimum Gasteiger partial charge on any atom is -0.444 e. The van der Waals surface area contributed by atoms with E-state index in [-0.39, 0.29) is 18.7 Å². The van der Waals surface area contributed by atoms with Crippen molar-refractivity contribution in [2.24, 2.45) is 5.92 Å². The number of aliphatic hydroxyl groups is 1.